The van der Waals surface area contributed by atoms with Crippen molar-refractivity contribution in [3.63, 3.8) is 0 Å². The summed E-state index contributed by atoms with van der Waals surface area (Å²) in [5, 5.41) is 14.4. The van der Waals surface area contributed by atoms with Gasteiger partial charge < -0.3 is 5.32 Å². The summed E-state index contributed by atoms with van der Waals surface area (Å²) in [5.74, 6) is 0.0223. The van der Waals surface area contributed by atoms with Gasteiger partial charge in [-0.05, 0) is 59.0 Å². The molecule has 3 aromatic rings. The van der Waals surface area contributed by atoms with E-state index in [1.807, 2.05) is 0 Å². The Hall–Kier alpha value is -3.22. The number of rotatable bonds is 6. The number of piperazine rings is 1. The number of hydrogen-bond acceptors (Lipinski definition) is 7. The average Bonchev–Trinajstić information content (AvgIpc) is 3.23. The van der Waals surface area contributed by atoms with Crippen LogP contribution in [0.1, 0.15) is 12.7 Å². The number of anilines is 1. The van der Waals surface area contributed by atoms with Crippen molar-refractivity contribution in [3.05, 3.63) is 60.2 Å². The molecule has 0 unspecified atom stereocenters. The highest BCUT2D eigenvalue weighted by Gasteiger charge is 2.29. The van der Waals surface area contributed by atoms with Gasteiger partial charge in [0.15, 0.2) is 5.82 Å². The number of nitrogens with zero attached hydrogens (tertiary/aromatic N) is 6. The van der Waals surface area contributed by atoms with Gasteiger partial charge in [-0.15, -0.1) is 5.10 Å². The number of hydrogen-bond donors (Lipinski definition) is 1. The monoisotopic (exact) mass is 459 g/mol. The van der Waals surface area contributed by atoms with E-state index in [1.54, 1.807) is 28.9 Å². The first-order valence-corrected chi connectivity index (χ1v) is 11.4. The van der Waals surface area contributed by atoms with Crippen LogP contribution in [-0.4, -0.2) is 69.9 Å². The van der Waals surface area contributed by atoms with Gasteiger partial charge >= 0.3 is 0 Å². The summed E-state index contributed by atoms with van der Waals surface area (Å²) in [6.45, 7) is 3.51. The lowest BCUT2D eigenvalue weighted by molar-refractivity contribution is -0.114. The van der Waals surface area contributed by atoms with Crippen molar-refractivity contribution >= 4 is 21.6 Å². The van der Waals surface area contributed by atoms with Crippen LogP contribution in [0.2, 0.25) is 0 Å². The van der Waals surface area contributed by atoms with E-state index in [-0.39, 0.29) is 16.6 Å². The van der Waals surface area contributed by atoms with Gasteiger partial charge in [0.05, 0.1) is 17.1 Å². The molecule has 0 radical (unpaired) electrons. The quantitative estimate of drug-likeness (QED) is 0.591. The Morgan fingerprint density at radius 3 is 2.31 bits per heavy atom. The van der Waals surface area contributed by atoms with Crippen LogP contribution in [0, 0.1) is 5.82 Å². The van der Waals surface area contributed by atoms with E-state index in [4.69, 9.17) is 0 Å². The molecule has 168 valence electrons. The van der Waals surface area contributed by atoms with Crippen molar-refractivity contribution in [2.24, 2.45) is 0 Å². The van der Waals surface area contributed by atoms with E-state index in [2.05, 4.69) is 25.7 Å². The maximum absolute atomic E-state index is 13.2. The van der Waals surface area contributed by atoms with Gasteiger partial charge in [0.2, 0.25) is 15.9 Å². The molecule has 1 aliphatic rings. The fourth-order valence-corrected chi connectivity index (χ4v) is 4.90. The standard InChI is InChI=1S/C20H22FN7O3S/c1-15(29)22-17-4-8-19(9-5-17)32(30,31)27-12-10-26(11-13-27)14-20-23-24-25-28(20)18-6-2-16(21)3-7-18/h2-9H,10-14H2,1H3,(H,22,29). The van der Waals surface area contributed by atoms with Crippen molar-refractivity contribution < 1.29 is 17.6 Å². The summed E-state index contributed by atoms with van der Waals surface area (Å²) < 4.78 is 42.1. The van der Waals surface area contributed by atoms with E-state index in [9.17, 15) is 17.6 Å². The summed E-state index contributed by atoms with van der Waals surface area (Å²) in [6, 6.07) is 12.0. The minimum Gasteiger partial charge on any atom is -0.326 e. The van der Waals surface area contributed by atoms with Gasteiger partial charge in [0, 0.05) is 38.8 Å². The number of amides is 1. The Morgan fingerprint density at radius 1 is 1.03 bits per heavy atom. The SMILES string of the molecule is CC(=O)Nc1ccc(S(=O)(=O)N2CCN(Cc3nnnn3-c3ccc(F)cc3)CC2)cc1. The number of sulfonamides is 1. The molecule has 0 saturated carbocycles. The fourth-order valence-electron chi connectivity index (χ4n) is 3.48. The number of carbonyl (C=O) groups is 1. The van der Waals surface area contributed by atoms with Gasteiger partial charge in [-0.3, -0.25) is 9.69 Å². The molecule has 2 heterocycles. The minimum atomic E-state index is -3.64. The van der Waals surface area contributed by atoms with Gasteiger partial charge in [0.1, 0.15) is 5.82 Å². The lowest BCUT2D eigenvalue weighted by atomic mass is 10.3. The van der Waals surface area contributed by atoms with Crippen molar-refractivity contribution in [2.45, 2.75) is 18.4 Å². The van der Waals surface area contributed by atoms with Crippen LogP contribution in [0.3, 0.4) is 0 Å². The second-order valence-corrected chi connectivity index (χ2v) is 9.31. The molecule has 1 aliphatic heterocycles. The zero-order valence-electron chi connectivity index (χ0n) is 17.3. The van der Waals surface area contributed by atoms with Crippen LogP contribution in [0.4, 0.5) is 10.1 Å². The number of aromatic nitrogens is 4. The minimum absolute atomic E-state index is 0.181. The van der Waals surface area contributed by atoms with Crippen LogP contribution in [0.25, 0.3) is 5.69 Å². The molecule has 0 spiro atoms. The van der Waals surface area contributed by atoms with Crippen LogP contribution < -0.4 is 5.32 Å². The largest absolute Gasteiger partial charge is 0.326 e. The first kappa shape index (κ1) is 22.0. The lowest BCUT2D eigenvalue weighted by Crippen LogP contribution is -2.48. The van der Waals surface area contributed by atoms with Gasteiger partial charge in [0.25, 0.3) is 0 Å². The summed E-state index contributed by atoms with van der Waals surface area (Å²) in [6.07, 6.45) is 0. The third kappa shape index (κ3) is 4.82. The summed E-state index contributed by atoms with van der Waals surface area (Å²) in [5.41, 5.74) is 1.19. The highest BCUT2D eigenvalue weighted by molar-refractivity contribution is 7.89. The van der Waals surface area contributed by atoms with E-state index in [1.165, 1.54) is 35.5 Å². The Morgan fingerprint density at radius 2 is 1.69 bits per heavy atom. The number of halogens is 1. The second kappa shape index (κ2) is 9.10. The van der Waals surface area contributed by atoms with E-state index in [0.29, 0.717) is 49.9 Å². The van der Waals surface area contributed by atoms with Gasteiger partial charge in [-0.2, -0.15) is 8.99 Å². The smallest absolute Gasteiger partial charge is 0.243 e. The van der Waals surface area contributed by atoms with E-state index < -0.39 is 10.0 Å². The molecule has 1 N–H and O–H groups in total. The predicted octanol–water partition coefficient (Wildman–Crippen LogP) is 1.27. The van der Waals surface area contributed by atoms with Crippen LogP contribution >= 0.6 is 0 Å². The normalized spacial score (nSPS) is 15.6. The third-order valence-electron chi connectivity index (χ3n) is 5.11. The Balaban J connectivity index is 1.39. The predicted molar refractivity (Wildman–Crippen MR) is 114 cm³/mol. The second-order valence-electron chi connectivity index (χ2n) is 7.37. The first-order valence-electron chi connectivity index (χ1n) is 9.96. The van der Waals surface area contributed by atoms with Gasteiger partial charge in [-0.25, -0.2) is 12.8 Å². The molecular formula is C20H22FN7O3S. The van der Waals surface area contributed by atoms with Crippen molar-refractivity contribution in [2.75, 3.05) is 31.5 Å². The molecule has 1 amide bonds. The number of tetrazole rings is 1. The Kier molecular flexibility index (Phi) is 6.26. The van der Waals surface area contributed by atoms with Crippen LogP contribution in [0.15, 0.2) is 53.4 Å². The molecule has 12 heteroatoms. The highest BCUT2D eigenvalue weighted by atomic mass is 32.2. The summed E-state index contributed by atoms with van der Waals surface area (Å²) >= 11 is 0. The molecule has 4 rings (SSSR count). The molecule has 2 aromatic carbocycles. The van der Waals surface area contributed by atoms with Crippen molar-refractivity contribution in [1.82, 2.24) is 29.4 Å². The maximum Gasteiger partial charge on any atom is 0.243 e. The average molecular weight is 460 g/mol. The zero-order chi connectivity index (χ0) is 22.7. The number of carbonyl (C=O) groups excluding carboxylic acids is 1. The summed E-state index contributed by atoms with van der Waals surface area (Å²) in [4.78, 5) is 13.4. The van der Waals surface area contributed by atoms with E-state index in [0.717, 1.165) is 0 Å². The highest BCUT2D eigenvalue weighted by Crippen LogP contribution is 2.20. The zero-order valence-corrected chi connectivity index (χ0v) is 18.2. The van der Waals surface area contributed by atoms with Crippen LogP contribution in [-0.2, 0) is 21.4 Å². The molecule has 0 aliphatic carbocycles. The molecule has 0 atom stereocenters. The number of benzene rings is 2. The molecule has 1 aromatic heterocycles. The maximum atomic E-state index is 13.2. The first-order chi connectivity index (χ1) is 15.3. The van der Waals surface area contributed by atoms with Crippen molar-refractivity contribution in [1.29, 1.82) is 0 Å². The summed E-state index contributed by atoms with van der Waals surface area (Å²) in [7, 11) is -3.64. The third-order valence-corrected chi connectivity index (χ3v) is 7.03. The molecule has 1 saturated heterocycles. The number of nitrogens with one attached hydrogen (secondary N) is 1. The van der Waals surface area contributed by atoms with Gasteiger partial charge in [-0.1, -0.05) is 0 Å². The molecule has 32 heavy (non-hydrogen) atoms. The van der Waals surface area contributed by atoms with Crippen molar-refractivity contribution in [3.8, 4) is 5.69 Å². The molecule has 10 nitrogen and oxygen atoms in total. The fraction of sp³-hybridized carbons (Fsp3) is 0.300. The molecular weight excluding hydrogens is 437 g/mol. The Bertz CT molecular complexity index is 1190. The van der Waals surface area contributed by atoms with Crippen LogP contribution in [0.5, 0.6) is 0 Å². The molecule has 0 bridgehead atoms. The topological polar surface area (TPSA) is 113 Å². The van der Waals surface area contributed by atoms with E-state index >= 15 is 0 Å². The lowest BCUT2D eigenvalue weighted by Gasteiger charge is -2.33. The molecule has 1 fully saturated rings. The Labute approximate surface area is 184 Å².